The van der Waals surface area contributed by atoms with Crippen molar-refractivity contribution < 1.29 is 43.2 Å². The maximum absolute atomic E-state index is 13.5. The number of halogens is 3. The van der Waals surface area contributed by atoms with E-state index >= 15 is 0 Å². The van der Waals surface area contributed by atoms with E-state index in [2.05, 4.69) is 55.0 Å². The molecular formula is C44H52F3IrN2O2S-. The van der Waals surface area contributed by atoms with Gasteiger partial charge in [0.1, 0.15) is 6.33 Å². The van der Waals surface area contributed by atoms with Crippen molar-refractivity contribution in [2.75, 3.05) is 0 Å². The molecule has 0 bridgehead atoms. The minimum absolute atomic E-state index is 0. The first-order chi connectivity index (χ1) is 24.7. The van der Waals surface area contributed by atoms with Crippen molar-refractivity contribution >= 4 is 48.2 Å². The molecule has 53 heavy (non-hydrogen) atoms. The second-order valence-corrected chi connectivity index (χ2v) is 16.3. The molecule has 287 valence electrons. The Hall–Kier alpha value is -3.13. The van der Waals surface area contributed by atoms with Gasteiger partial charge in [0.15, 0.2) is 5.78 Å². The van der Waals surface area contributed by atoms with Crippen molar-refractivity contribution in [1.29, 1.82) is 0 Å². The fraction of sp³-hybridized carbons (Fsp3) is 0.477. The van der Waals surface area contributed by atoms with Crippen LogP contribution in [0.1, 0.15) is 117 Å². The molecule has 4 nitrogen and oxygen atoms in total. The number of aliphatic hydroxyl groups excluding tert-OH is 1. The number of ketones is 1. The van der Waals surface area contributed by atoms with Crippen LogP contribution >= 0.6 is 11.3 Å². The Bertz CT molecular complexity index is 2050. The zero-order valence-corrected chi connectivity index (χ0v) is 35.1. The van der Waals surface area contributed by atoms with Crippen LogP contribution in [0, 0.1) is 23.8 Å². The number of fused-ring (bicyclic) bond motifs is 4. The number of benzene rings is 3. The second-order valence-electron chi connectivity index (χ2n) is 15.3. The molecule has 1 saturated carbocycles. The summed E-state index contributed by atoms with van der Waals surface area (Å²) in [5.41, 5.74) is 3.67. The van der Waals surface area contributed by atoms with Crippen LogP contribution in [0.5, 0.6) is 0 Å². The average Bonchev–Trinajstić information content (AvgIpc) is 3.75. The van der Waals surface area contributed by atoms with Crippen LogP contribution < -0.4 is 0 Å². The average molecular weight is 922 g/mol. The number of aromatic nitrogens is 2. The number of thiophene rings is 1. The van der Waals surface area contributed by atoms with Gasteiger partial charge in [0, 0.05) is 64.1 Å². The van der Waals surface area contributed by atoms with E-state index in [0.29, 0.717) is 16.6 Å². The summed E-state index contributed by atoms with van der Waals surface area (Å²) in [7, 11) is 0. The first-order valence-corrected chi connectivity index (χ1v) is 19.7. The molecule has 2 aromatic heterocycles. The summed E-state index contributed by atoms with van der Waals surface area (Å²) in [5.74, 6) is 1.32. The van der Waals surface area contributed by atoms with Crippen LogP contribution in [0.25, 0.3) is 42.3 Å². The first-order valence-electron chi connectivity index (χ1n) is 18.9. The van der Waals surface area contributed by atoms with Gasteiger partial charge in [-0.2, -0.15) is 13.2 Å². The van der Waals surface area contributed by atoms with Gasteiger partial charge in [-0.05, 0) is 55.1 Å². The molecule has 0 unspecified atom stereocenters. The molecule has 0 saturated heterocycles. The number of hydrogen-bond acceptors (Lipinski definition) is 5. The molecule has 5 aromatic rings. The van der Waals surface area contributed by atoms with Crippen LogP contribution in [-0.2, 0) is 42.9 Å². The monoisotopic (exact) mass is 922 g/mol. The Morgan fingerprint density at radius 3 is 2.17 bits per heavy atom. The molecule has 1 aliphatic rings. The van der Waals surface area contributed by atoms with Crippen molar-refractivity contribution in [2.24, 2.45) is 17.8 Å². The smallest absolute Gasteiger partial charge is 0.409 e. The summed E-state index contributed by atoms with van der Waals surface area (Å²) < 4.78 is 42.7. The molecule has 0 aliphatic heterocycles. The standard InChI is InChI=1S/C31H28F3N2S.C13H24O2.Ir/c1-30(2,3)25-16-21(14-20-15-22(31(32,33)34)9-11-23(20)25)27-29-28(36-17-35-27)24-10-8-19(13-26(24)37-29)12-18-6-4-5-7-18;1-5-10(6-2)12(14)9-13(15)11(7-3)8-4;/h8-11,13,15-18H,4-7,12H2,1-3H3;9-11,14H,5-8H2,1-4H3;/q-1;;/b;12-9-;. The van der Waals surface area contributed by atoms with Gasteiger partial charge in [-0.3, -0.25) is 9.78 Å². The largest absolute Gasteiger partial charge is 0.512 e. The van der Waals surface area contributed by atoms with E-state index in [1.807, 2.05) is 33.8 Å². The van der Waals surface area contributed by atoms with Crippen molar-refractivity contribution in [1.82, 2.24) is 9.97 Å². The Morgan fingerprint density at radius 1 is 0.925 bits per heavy atom. The van der Waals surface area contributed by atoms with Gasteiger partial charge in [0.2, 0.25) is 0 Å². The molecule has 1 aliphatic carbocycles. The predicted molar refractivity (Wildman–Crippen MR) is 210 cm³/mol. The summed E-state index contributed by atoms with van der Waals surface area (Å²) in [6.45, 7) is 14.3. The van der Waals surface area contributed by atoms with E-state index in [1.54, 1.807) is 23.7 Å². The van der Waals surface area contributed by atoms with Gasteiger partial charge >= 0.3 is 6.18 Å². The fourth-order valence-corrected chi connectivity index (χ4v) is 8.70. The van der Waals surface area contributed by atoms with Crippen molar-refractivity contribution in [3.63, 3.8) is 0 Å². The number of nitrogens with zero attached hydrogens (tertiary/aromatic N) is 2. The Kier molecular flexibility index (Phi) is 14.5. The Labute approximate surface area is 330 Å². The van der Waals surface area contributed by atoms with Crippen LogP contribution in [-0.4, -0.2) is 20.9 Å². The van der Waals surface area contributed by atoms with Gasteiger partial charge in [0.25, 0.3) is 0 Å². The third kappa shape index (κ3) is 9.95. The molecule has 0 atom stereocenters. The fourth-order valence-electron chi connectivity index (χ4n) is 7.48. The van der Waals surface area contributed by atoms with E-state index in [0.717, 1.165) is 70.6 Å². The maximum atomic E-state index is 13.5. The van der Waals surface area contributed by atoms with Gasteiger partial charge in [-0.1, -0.05) is 109 Å². The Balaban J connectivity index is 0.000000335. The number of alkyl halides is 3. The number of allylic oxidation sites excluding steroid dienone is 2. The molecule has 2 heterocycles. The molecule has 1 N–H and O–H groups in total. The molecule has 1 radical (unpaired) electrons. The first kappa shape index (κ1) is 42.6. The summed E-state index contributed by atoms with van der Waals surface area (Å²) in [5, 5.41) is 12.1. The molecule has 0 spiro atoms. The van der Waals surface area contributed by atoms with Gasteiger partial charge < -0.3 is 5.11 Å². The van der Waals surface area contributed by atoms with Crippen molar-refractivity contribution in [2.45, 2.75) is 118 Å². The van der Waals surface area contributed by atoms with E-state index in [4.69, 9.17) is 0 Å². The van der Waals surface area contributed by atoms with E-state index < -0.39 is 11.7 Å². The number of rotatable bonds is 10. The normalized spacial score (nSPS) is 14.3. The minimum Gasteiger partial charge on any atom is -0.512 e. The molecule has 1 fully saturated rings. The third-order valence-electron chi connectivity index (χ3n) is 10.7. The van der Waals surface area contributed by atoms with Crippen LogP contribution in [0.2, 0.25) is 0 Å². The molecular weight excluding hydrogens is 870 g/mol. The molecule has 0 amide bonds. The molecule has 6 rings (SSSR count). The molecule has 3 aromatic carbocycles. The third-order valence-corrected chi connectivity index (χ3v) is 11.8. The zero-order chi connectivity index (χ0) is 37.8. The zero-order valence-electron chi connectivity index (χ0n) is 31.9. The van der Waals surface area contributed by atoms with Crippen molar-refractivity contribution in [3.05, 3.63) is 83.4 Å². The van der Waals surface area contributed by atoms with E-state index in [9.17, 15) is 23.1 Å². The number of carbonyl (C=O) groups is 1. The second kappa shape index (κ2) is 18.0. The van der Waals surface area contributed by atoms with Crippen LogP contribution in [0.3, 0.4) is 0 Å². The van der Waals surface area contributed by atoms with Gasteiger partial charge in [-0.15, -0.1) is 40.5 Å². The topological polar surface area (TPSA) is 63.1 Å². The summed E-state index contributed by atoms with van der Waals surface area (Å²) in [4.78, 5) is 20.9. The summed E-state index contributed by atoms with van der Waals surface area (Å²) in [6.07, 6.45) is 8.44. The van der Waals surface area contributed by atoms with Gasteiger partial charge in [0.05, 0.1) is 11.3 Å². The van der Waals surface area contributed by atoms with Crippen LogP contribution in [0.4, 0.5) is 13.2 Å². The predicted octanol–water partition coefficient (Wildman–Crippen LogP) is 13.4. The maximum Gasteiger partial charge on any atom is 0.409 e. The quantitative estimate of drug-likeness (QED) is 0.0861. The van der Waals surface area contributed by atoms with E-state index in [1.165, 1.54) is 48.1 Å². The summed E-state index contributed by atoms with van der Waals surface area (Å²) in [6, 6.07) is 15.9. The number of carbonyl (C=O) groups excluding carboxylic acids is 1. The van der Waals surface area contributed by atoms with Crippen LogP contribution in [0.15, 0.2) is 60.6 Å². The van der Waals surface area contributed by atoms with E-state index in [-0.39, 0.29) is 48.9 Å². The number of aliphatic hydroxyl groups is 1. The van der Waals surface area contributed by atoms with Crippen molar-refractivity contribution in [3.8, 4) is 11.3 Å². The minimum atomic E-state index is -4.41. The SMILES string of the molecule is CC(C)(C)c1cc(-c2ncnc3c2sc2cc(CC4CCCC4)ccc23)[c-]c2cc(C(F)(F)F)ccc12.CCC(CC)C(=O)/C=C(\O)C(CC)CC.[Ir]. The van der Waals surface area contributed by atoms with Gasteiger partial charge in [-0.25, -0.2) is 4.98 Å². The number of hydrogen-bond donors (Lipinski definition) is 1. The Morgan fingerprint density at radius 2 is 1.57 bits per heavy atom. The molecule has 9 heteroatoms. The summed E-state index contributed by atoms with van der Waals surface area (Å²) >= 11 is 1.66.